The fourth-order valence-electron chi connectivity index (χ4n) is 0.905. The molecule has 0 aromatic carbocycles. The Morgan fingerprint density at radius 2 is 1.85 bits per heavy atom. The molecule has 0 rings (SSSR count). The summed E-state index contributed by atoms with van der Waals surface area (Å²) in [4.78, 5) is 11.3. The smallest absolute Gasteiger partial charge is 0.237 e. The summed E-state index contributed by atoms with van der Waals surface area (Å²) in [6.07, 6.45) is 1.01. The van der Waals surface area contributed by atoms with Gasteiger partial charge < -0.3 is 11.1 Å². The van der Waals surface area contributed by atoms with Crippen LogP contribution in [-0.4, -0.2) is 18.5 Å². The standard InChI is InChI=1S/C10H22N2O/c1-7(2)5-6-12-10(13)9(11)8(3)4/h7-9H,5-6,11H2,1-4H3,(H,12,13)/t9-/m0/s1. The van der Waals surface area contributed by atoms with E-state index in [0.717, 1.165) is 13.0 Å². The molecule has 0 heterocycles. The molecule has 0 saturated heterocycles. The zero-order valence-corrected chi connectivity index (χ0v) is 9.13. The largest absolute Gasteiger partial charge is 0.355 e. The van der Waals surface area contributed by atoms with Crippen molar-refractivity contribution >= 4 is 5.91 Å². The molecule has 3 N–H and O–H groups in total. The van der Waals surface area contributed by atoms with Crippen LogP contribution in [-0.2, 0) is 4.79 Å². The lowest BCUT2D eigenvalue weighted by atomic mass is 10.0. The number of hydrogen-bond acceptors (Lipinski definition) is 2. The molecule has 0 bridgehead atoms. The van der Waals surface area contributed by atoms with Gasteiger partial charge in [0.25, 0.3) is 0 Å². The topological polar surface area (TPSA) is 55.1 Å². The summed E-state index contributed by atoms with van der Waals surface area (Å²) in [5.74, 6) is 0.797. The average molecular weight is 186 g/mol. The van der Waals surface area contributed by atoms with Gasteiger partial charge in [0.2, 0.25) is 5.91 Å². The minimum atomic E-state index is -0.368. The molecule has 0 saturated carbocycles. The van der Waals surface area contributed by atoms with Crippen molar-refractivity contribution in [2.24, 2.45) is 17.6 Å². The zero-order valence-electron chi connectivity index (χ0n) is 9.13. The van der Waals surface area contributed by atoms with Crippen LogP contribution >= 0.6 is 0 Å². The van der Waals surface area contributed by atoms with E-state index in [-0.39, 0.29) is 17.9 Å². The van der Waals surface area contributed by atoms with E-state index in [1.165, 1.54) is 0 Å². The maximum absolute atomic E-state index is 11.3. The first-order valence-corrected chi connectivity index (χ1v) is 4.98. The SMILES string of the molecule is CC(C)CCNC(=O)[C@@H](N)C(C)C. The van der Waals surface area contributed by atoms with Crippen molar-refractivity contribution in [1.82, 2.24) is 5.32 Å². The normalized spacial score (nSPS) is 13.5. The highest BCUT2D eigenvalue weighted by Gasteiger charge is 2.16. The van der Waals surface area contributed by atoms with E-state index < -0.39 is 0 Å². The molecule has 0 fully saturated rings. The molecule has 1 amide bonds. The van der Waals surface area contributed by atoms with Crippen LogP contribution in [0.15, 0.2) is 0 Å². The molecule has 13 heavy (non-hydrogen) atoms. The fraction of sp³-hybridized carbons (Fsp3) is 0.900. The molecule has 3 heteroatoms. The number of nitrogens with one attached hydrogen (secondary N) is 1. The van der Waals surface area contributed by atoms with Gasteiger partial charge in [0, 0.05) is 6.54 Å². The van der Waals surface area contributed by atoms with E-state index >= 15 is 0 Å². The monoisotopic (exact) mass is 186 g/mol. The Hall–Kier alpha value is -0.570. The van der Waals surface area contributed by atoms with Crippen molar-refractivity contribution in [3.05, 3.63) is 0 Å². The van der Waals surface area contributed by atoms with Gasteiger partial charge >= 0.3 is 0 Å². The van der Waals surface area contributed by atoms with Gasteiger partial charge in [0.05, 0.1) is 6.04 Å². The lowest BCUT2D eigenvalue weighted by Crippen LogP contribution is -2.44. The van der Waals surface area contributed by atoms with Gasteiger partial charge in [-0.3, -0.25) is 4.79 Å². The van der Waals surface area contributed by atoms with Crippen LogP contribution in [0.4, 0.5) is 0 Å². The molecule has 0 aliphatic heterocycles. The van der Waals surface area contributed by atoms with Gasteiger partial charge in [-0.25, -0.2) is 0 Å². The van der Waals surface area contributed by atoms with E-state index in [0.29, 0.717) is 5.92 Å². The third-order valence-electron chi connectivity index (χ3n) is 2.04. The summed E-state index contributed by atoms with van der Waals surface area (Å²) in [5.41, 5.74) is 5.66. The molecule has 0 unspecified atom stereocenters. The molecule has 0 aliphatic carbocycles. The van der Waals surface area contributed by atoms with Crippen LogP contribution in [0.25, 0.3) is 0 Å². The summed E-state index contributed by atoms with van der Waals surface area (Å²) < 4.78 is 0. The number of rotatable bonds is 5. The van der Waals surface area contributed by atoms with Crippen LogP contribution in [0.3, 0.4) is 0 Å². The Balaban J connectivity index is 3.62. The van der Waals surface area contributed by atoms with E-state index in [1.807, 2.05) is 13.8 Å². The van der Waals surface area contributed by atoms with E-state index in [9.17, 15) is 4.79 Å². The second kappa shape index (κ2) is 5.97. The van der Waals surface area contributed by atoms with Crippen LogP contribution < -0.4 is 11.1 Å². The van der Waals surface area contributed by atoms with Crippen LogP contribution in [0, 0.1) is 11.8 Å². The van der Waals surface area contributed by atoms with E-state index in [1.54, 1.807) is 0 Å². The van der Waals surface area contributed by atoms with Crippen LogP contribution in [0.5, 0.6) is 0 Å². The third kappa shape index (κ3) is 5.64. The zero-order chi connectivity index (χ0) is 10.4. The Kier molecular flexibility index (Phi) is 5.71. The van der Waals surface area contributed by atoms with Crippen LogP contribution in [0.1, 0.15) is 34.1 Å². The average Bonchev–Trinajstić information content (AvgIpc) is 2.02. The second-order valence-corrected chi connectivity index (χ2v) is 4.24. The summed E-state index contributed by atoms with van der Waals surface area (Å²) >= 11 is 0. The van der Waals surface area contributed by atoms with Gasteiger partial charge in [0.15, 0.2) is 0 Å². The molecule has 0 aromatic rings. The maximum Gasteiger partial charge on any atom is 0.237 e. The quantitative estimate of drug-likeness (QED) is 0.676. The Morgan fingerprint density at radius 3 is 2.23 bits per heavy atom. The first-order chi connectivity index (χ1) is 5.95. The highest BCUT2D eigenvalue weighted by atomic mass is 16.2. The molecule has 0 aliphatic rings. The number of nitrogens with two attached hydrogens (primary N) is 1. The molecule has 1 atom stereocenters. The van der Waals surface area contributed by atoms with Crippen molar-refractivity contribution in [1.29, 1.82) is 0 Å². The molecule has 0 radical (unpaired) electrons. The molecule has 3 nitrogen and oxygen atoms in total. The third-order valence-corrected chi connectivity index (χ3v) is 2.04. The molecular weight excluding hydrogens is 164 g/mol. The summed E-state index contributed by atoms with van der Waals surface area (Å²) in [5, 5.41) is 2.83. The molecular formula is C10H22N2O. The molecule has 78 valence electrons. The summed E-state index contributed by atoms with van der Waals surface area (Å²) in [7, 11) is 0. The first kappa shape index (κ1) is 12.4. The predicted molar refractivity (Wildman–Crippen MR) is 55.3 cm³/mol. The van der Waals surface area contributed by atoms with Crippen molar-refractivity contribution < 1.29 is 4.79 Å². The number of amides is 1. The number of hydrogen-bond donors (Lipinski definition) is 2. The van der Waals surface area contributed by atoms with Crippen molar-refractivity contribution in [3.8, 4) is 0 Å². The Bertz CT molecular complexity index is 155. The Labute approximate surface area is 81.1 Å². The lowest BCUT2D eigenvalue weighted by molar-refractivity contribution is -0.123. The van der Waals surface area contributed by atoms with Gasteiger partial charge in [-0.05, 0) is 18.3 Å². The number of carbonyl (C=O) groups is 1. The number of carbonyl (C=O) groups excluding carboxylic acids is 1. The summed E-state index contributed by atoms with van der Waals surface area (Å²) in [6, 6.07) is -0.368. The van der Waals surface area contributed by atoms with E-state index in [4.69, 9.17) is 5.73 Å². The van der Waals surface area contributed by atoms with Crippen molar-refractivity contribution in [2.75, 3.05) is 6.54 Å². The minimum Gasteiger partial charge on any atom is -0.355 e. The van der Waals surface area contributed by atoms with Crippen molar-refractivity contribution in [2.45, 2.75) is 40.2 Å². The Morgan fingerprint density at radius 1 is 1.31 bits per heavy atom. The van der Waals surface area contributed by atoms with Crippen LogP contribution in [0.2, 0.25) is 0 Å². The molecule has 0 aromatic heterocycles. The molecule has 0 spiro atoms. The van der Waals surface area contributed by atoms with Gasteiger partial charge in [0.1, 0.15) is 0 Å². The highest BCUT2D eigenvalue weighted by molar-refractivity contribution is 5.81. The van der Waals surface area contributed by atoms with Crippen molar-refractivity contribution in [3.63, 3.8) is 0 Å². The summed E-state index contributed by atoms with van der Waals surface area (Å²) in [6.45, 7) is 8.90. The minimum absolute atomic E-state index is 0.0318. The lowest BCUT2D eigenvalue weighted by Gasteiger charge is -2.15. The van der Waals surface area contributed by atoms with Gasteiger partial charge in [-0.15, -0.1) is 0 Å². The van der Waals surface area contributed by atoms with E-state index in [2.05, 4.69) is 19.2 Å². The second-order valence-electron chi connectivity index (χ2n) is 4.24. The maximum atomic E-state index is 11.3. The first-order valence-electron chi connectivity index (χ1n) is 4.98. The van der Waals surface area contributed by atoms with Gasteiger partial charge in [-0.2, -0.15) is 0 Å². The fourth-order valence-corrected chi connectivity index (χ4v) is 0.905. The predicted octanol–water partition coefficient (Wildman–Crippen LogP) is 1.13. The highest BCUT2D eigenvalue weighted by Crippen LogP contribution is 1.99. The van der Waals surface area contributed by atoms with Gasteiger partial charge in [-0.1, -0.05) is 27.7 Å².